The lowest BCUT2D eigenvalue weighted by molar-refractivity contribution is -0.126. The van der Waals surface area contributed by atoms with E-state index in [1.54, 1.807) is 32.4 Å². The third kappa shape index (κ3) is 16.6. The number of carbonyl (C=O) groups excluding carboxylic acids is 2. The van der Waals surface area contributed by atoms with Gasteiger partial charge in [-0.25, -0.2) is 0 Å². The fraction of sp³-hybridized carbons (Fsp3) is 0.429. The number of hydrogen-bond donors (Lipinski definition) is 6. The van der Waals surface area contributed by atoms with Crippen molar-refractivity contribution in [1.82, 2.24) is 61.2 Å². The van der Waals surface area contributed by atoms with Crippen molar-refractivity contribution >= 4 is 105 Å². The molecule has 2 amide bonds. The van der Waals surface area contributed by atoms with E-state index < -0.39 is 30.1 Å². The number of ether oxygens (including phenoxy) is 4. The number of halogens is 3. The van der Waals surface area contributed by atoms with Crippen LogP contribution in [0.1, 0.15) is 42.6 Å². The zero-order valence-electron chi connectivity index (χ0n) is 49.8. The molecule has 0 bridgehead atoms. The van der Waals surface area contributed by atoms with Gasteiger partial charge in [0.15, 0.2) is 29.7 Å². The maximum absolute atomic E-state index is 13.0. The van der Waals surface area contributed by atoms with Crippen LogP contribution in [0.4, 0.5) is 72.8 Å². The molecule has 5 saturated heterocycles. The number of nitrogens with one attached hydrogen (secondary N) is 5. The van der Waals surface area contributed by atoms with E-state index in [0.29, 0.717) is 56.2 Å². The quantitative estimate of drug-likeness (QED) is 0.0526. The first-order chi connectivity index (χ1) is 44.2. The number of nitrogen functional groups attached to an aromatic ring is 1. The molecule has 13 rings (SSSR count). The van der Waals surface area contributed by atoms with Crippen molar-refractivity contribution < 1.29 is 41.7 Å². The fourth-order valence-corrected chi connectivity index (χ4v) is 12.7. The van der Waals surface area contributed by atoms with E-state index in [2.05, 4.69) is 102 Å². The lowest BCUT2D eigenvalue weighted by Gasteiger charge is -2.40. The van der Waals surface area contributed by atoms with E-state index in [0.717, 1.165) is 99.3 Å². The van der Waals surface area contributed by atoms with E-state index in [1.165, 1.54) is 66.4 Å². The predicted octanol–water partition coefficient (Wildman–Crippen LogP) is 5.38. The number of rotatable bonds is 21. The van der Waals surface area contributed by atoms with Gasteiger partial charge >= 0.3 is 0 Å². The average molecular weight is 1310 g/mol. The SMILES string of the molecule is COC1CN(c2cccc([C@@H](OC)C(=O)Nc3nnc(N[C@@H]4CCN(c5ccc(F)nn5)C4)s3)c2)C1.COC1CN(c2cccc([C@H](OC)C(=O)Nc3nnc(N[C@@H]4CCN(c5ccc(F)nn5)C4)s3)c2)C1.Nc1nnc(N[C@@H]2CCN(c3ccc(F)nn3)C2)s1. The standard InChI is InChI=1S/2C23H27FN8O3S.C10H12FN7S/c2*1-34-17-12-32(13-17)16-5-3-4-14(10-16)20(35-2)21(33)26-23-30-29-22(36-23)25-15-8-9-31(11-15)19-7-6-18(24)27-28-19;11-7-1-2-8(15-14-7)18-4-3-6(5-18)13-10-17-16-9(12)19-10/h2*3-7,10,15,17,20H,8-9,11-13H2,1-2H3,(H,25,29)(H,26,30,33);1-2,6H,3-5H2,(H2,12,16)(H,13,17)/t15-,20+;15-,20-;6-/m111/s1. The molecular weight excluding hydrogens is 1240 g/mol. The monoisotopic (exact) mass is 1310 g/mol. The highest BCUT2D eigenvalue weighted by Crippen LogP contribution is 2.33. The summed E-state index contributed by atoms with van der Waals surface area (Å²) in [6, 6.07) is 24.8. The lowest BCUT2D eigenvalue weighted by atomic mass is 10.0. The van der Waals surface area contributed by atoms with Crippen LogP contribution in [0.25, 0.3) is 0 Å². The van der Waals surface area contributed by atoms with Crippen molar-refractivity contribution in [2.45, 2.75) is 61.8 Å². The molecule has 7 N–H and O–H groups in total. The minimum atomic E-state index is -0.787. The van der Waals surface area contributed by atoms with Crippen molar-refractivity contribution in [1.29, 1.82) is 0 Å². The molecule has 11 heterocycles. The number of nitrogens with zero attached hydrogens (tertiary/aromatic N) is 17. The van der Waals surface area contributed by atoms with Gasteiger partial charge in [0.2, 0.25) is 48.6 Å². The molecule has 2 aromatic carbocycles. The molecule has 0 spiro atoms. The van der Waals surface area contributed by atoms with Crippen molar-refractivity contribution in [3.8, 4) is 0 Å². The molecular formula is C56H66F3N23O6S3. The second-order valence-corrected chi connectivity index (χ2v) is 24.5. The van der Waals surface area contributed by atoms with Crippen molar-refractivity contribution in [2.24, 2.45) is 0 Å². The molecule has 0 radical (unpaired) electrons. The van der Waals surface area contributed by atoms with Crippen LogP contribution in [0.2, 0.25) is 0 Å². The van der Waals surface area contributed by atoms with Gasteiger partial charge in [-0.15, -0.1) is 61.2 Å². The van der Waals surface area contributed by atoms with Crippen LogP contribution in [-0.4, -0.2) is 197 Å². The van der Waals surface area contributed by atoms with Gasteiger partial charge in [0, 0.05) is 123 Å². The molecule has 91 heavy (non-hydrogen) atoms. The Hall–Kier alpha value is -8.87. The fourth-order valence-electron chi connectivity index (χ4n) is 10.7. The van der Waals surface area contributed by atoms with Crippen LogP contribution in [0.15, 0.2) is 84.9 Å². The zero-order chi connectivity index (χ0) is 63.4. The number of anilines is 11. The molecule has 5 aliphatic heterocycles. The van der Waals surface area contributed by atoms with Crippen LogP contribution < -0.4 is 56.8 Å². The van der Waals surface area contributed by atoms with Crippen molar-refractivity contribution in [3.05, 3.63) is 114 Å². The Labute approximate surface area is 532 Å². The van der Waals surface area contributed by atoms with Gasteiger partial charge in [-0.2, -0.15) is 13.2 Å². The zero-order valence-corrected chi connectivity index (χ0v) is 52.3. The first-order valence-electron chi connectivity index (χ1n) is 29.0. The Kier molecular flexibility index (Phi) is 20.9. The smallest absolute Gasteiger partial charge is 0.259 e. The summed E-state index contributed by atoms with van der Waals surface area (Å²) in [5, 5.41) is 64.9. The lowest BCUT2D eigenvalue weighted by Crippen LogP contribution is -2.51. The Balaban J connectivity index is 0.000000147. The summed E-state index contributed by atoms with van der Waals surface area (Å²) in [6.45, 7) is 7.75. The molecule has 29 nitrogen and oxygen atoms in total. The Bertz CT molecular complexity index is 3480. The molecule has 5 aliphatic rings. The number of carbonyl (C=O) groups is 2. The van der Waals surface area contributed by atoms with Crippen LogP contribution in [0.5, 0.6) is 0 Å². The Morgan fingerprint density at radius 3 is 1.15 bits per heavy atom. The molecule has 35 heteroatoms. The highest BCUT2D eigenvalue weighted by molar-refractivity contribution is 7.19. The minimum absolute atomic E-state index is 0.113. The maximum Gasteiger partial charge on any atom is 0.259 e. The van der Waals surface area contributed by atoms with Gasteiger partial charge in [0.25, 0.3) is 11.8 Å². The maximum atomic E-state index is 13.0. The van der Waals surface area contributed by atoms with Crippen LogP contribution in [0, 0.1) is 17.8 Å². The largest absolute Gasteiger partial charge is 0.378 e. The summed E-state index contributed by atoms with van der Waals surface area (Å²) in [4.78, 5) is 36.5. The minimum Gasteiger partial charge on any atom is -0.378 e. The molecule has 480 valence electrons. The van der Waals surface area contributed by atoms with E-state index in [9.17, 15) is 22.8 Å². The first-order valence-corrected chi connectivity index (χ1v) is 31.4. The topological polar surface area (TPSA) is 328 Å². The third-order valence-corrected chi connectivity index (χ3v) is 17.7. The number of hydrogen-bond acceptors (Lipinski definition) is 30. The van der Waals surface area contributed by atoms with E-state index >= 15 is 0 Å². The molecule has 8 aromatic rings. The highest BCUT2D eigenvalue weighted by Gasteiger charge is 2.32. The summed E-state index contributed by atoms with van der Waals surface area (Å²) in [6.07, 6.45) is 1.54. The van der Waals surface area contributed by atoms with Crippen LogP contribution in [-0.2, 0) is 28.5 Å². The summed E-state index contributed by atoms with van der Waals surface area (Å²) in [5.41, 5.74) is 9.08. The van der Waals surface area contributed by atoms with Gasteiger partial charge in [0.1, 0.15) is 0 Å². The number of aromatic nitrogens is 12. The molecule has 0 aliphatic carbocycles. The second kappa shape index (κ2) is 29.8. The van der Waals surface area contributed by atoms with E-state index in [-0.39, 0.29) is 42.1 Å². The normalized spacial score (nSPS) is 18.7. The van der Waals surface area contributed by atoms with E-state index in [4.69, 9.17) is 24.7 Å². The van der Waals surface area contributed by atoms with Gasteiger partial charge in [-0.1, -0.05) is 58.3 Å². The second-order valence-electron chi connectivity index (χ2n) is 21.6. The summed E-state index contributed by atoms with van der Waals surface area (Å²) in [7, 11) is 6.44. The Morgan fingerprint density at radius 2 is 0.824 bits per heavy atom. The summed E-state index contributed by atoms with van der Waals surface area (Å²) < 4.78 is 60.5. The first kappa shape index (κ1) is 63.7. The summed E-state index contributed by atoms with van der Waals surface area (Å²) in [5.74, 6) is -0.465. The third-order valence-electron chi connectivity index (χ3n) is 15.5. The number of nitrogens with two attached hydrogens (primary N) is 1. The number of methoxy groups -OCH3 is 4. The van der Waals surface area contributed by atoms with Gasteiger partial charge in [-0.3, -0.25) is 20.2 Å². The predicted molar refractivity (Wildman–Crippen MR) is 338 cm³/mol. The van der Waals surface area contributed by atoms with Gasteiger partial charge in [-0.05, 0) is 91.1 Å². The molecule has 5 atom stereocenters. The van der Waals surface area contributed by atoms with Crippen molar-refractivity contribution in [2.75, 3.05) is 151 Å². The Morgan fingerprint density at radius 1 is 0.462 bits per heavy atom. The average Bonchev–Trinajstić information content (AvgIpc) is 2.53. The molecule has 0 unspecified atom stereocenters. The molecule has 0 saturated carbocycles. The molecule has 5 fully saturated rings. The van der Waals surface area contributed by atoms with Gasteiger partial charge < -0.3 is 65.1 Å². The van der Waals surface area contributed by atoms with E-state index in [1.807, 2.05) is 58.3 Å². The highest BCUT2D eigenvalue weighted by atomic mass is 32.1. The van der Waals surface area contributed by atoms with Gasteiger partial charge in [0.05, 0.1) is 12.2 Å². The number of amides is 2. The summed E-state index contributed by atoms with van der Waals surface area (Å²) >= 11 is 3.83. The number of benzene rings is 2. The van der Waals surface area contributed by atoms with Crippen molar-refractivity contribution in [3.63, 3.8) is 0 Å². The molecule has 6 aromatic heterocycles. The van der Waals surface area contributed by atoms with Crippen LogP contribution in [0.3, 0.4) is 0 Å². The van der Waals surface area contributed by atoms with Crippen LogP contribution >= 0.6 is 34.0 Å².